The van der Waals surface area contributed by atoms with E-state index in [1.54, 1.807) is 12.1 Å². The fourth-order valence-corrected chi connectivity index (χ4v) is 3.32. The molecule has 1 heterocycles. The summed E-state index contributed by atoms with van der Waals surface area (Å²) >= 11 is 0. The first-order valence-corrected chi connectivity index (χ1v) is 8.86. The monoisotopic (exact) mass is 357 g/mol. The van der Waals surface area contributed by atoms with Gasteiger partial charge in [0.25, 0.3) is 11.8 Å². The minimum absolute atomic E-state index is 0.0307. The number of amides is 3. The zero-order valence-corrected chi connectivity index (χ0v) is 14.7. The Kier molecular flexibility index (Phi) is 5.37. The largest absolute Gasteiger partial charge is 0.395 e. The number of nitrogens with one attached hydrogen (secondary N) is 2. The maximum atomic E-state index is 12.4. The number of hydrogen-bond acceptors (Lipinski definition) is 5. The van der Waals surface area contributed by atoms with Crippen molar-refractivity contribution in [1.82, 2.24) is 4.90 Å². The van der Waals surface area contributed by atoms with E-state index in [1.165, 1.54) is 6.08 Å². The van der Waals surface area contributed by atoms with Gasteiger partial charge in [0.15, 0.2) is 0 Å². The number of rotatable bonds is 6. The highest BCUT2D eigenvalue weighted by molar-refractivity contribution is 6.17. The smallest absolute Gasteiger partial charge is 0.277 e. The van der Waals surface area contributed by atoms with E-state index in [2.05, 4.69) is 10.6 Å². The van der Waals surface area contributed by atoms with Crippen LogP contribution in [-0.4, -0.2) is 40.9 Å². The second kappa shape index (κ2) is 7.70. The molecule has 1 aromatic rings. The summed E-state index contributed by atoms with van der Waals surface area (Å²) in [5.41, 5.74) is 2.37. The second-order valence-electron chi connectivity index (χ2n) is 6.70. The highest BCUT2D eigenvalue weighted by Gasteiger charge is 2.30. The van der Waals surface area contributed by atoms with Crippen molar-refractivity contribution in [3.63, 3.8) is 0 Å². The topological polar surface area (TPSA) is 98.7 Å². The number of aliphatic hydroxyl groups is 1. The highest BCUT2D eigenvalue weighted by atomic mass is 16.3. The minimum atomic E-state index is -0.471. The van der Waals surface area contributed by atoms with Gasteiger partial charge >= 0.3 is 0 Å². The predicted octanol–water partition coefficient (Wildman–Crippen LogP) is 1.78. The summed E-state index contributed by atoms with van der Waals surface area (Å²) in [5.74, 6) is -0.826. The van der Waals surface area contributed by atoms with Crippen LogP contribution in [0.25, 0.3) is 0 Å². The highest BCUT2D eigenvalue weighted by Crippen LogP contribution is 2.28. The van der Waals surface area contributed by atoms with E-state index in [4.69, 9.17) is 5.11 Å². The first-order chi connectivity index (χ1) is 12.5. The molecule has 0 radical (unpaired) electrons. The molecule has 138 valence electrons. The summed E-state index contributed by atoms with van der Waals surface area (Å²) in [5, 5.41) is 14.9. The SMILES string of the molecule is Cc1ccc(NC2=CC(=O)N(CCO)C2=O)cc1NC(=O)C1CCCC1. The first kappa shape index (κ1) is 18.1. The third-order valence-electron chi connectivity index (χ3n) is 4.83. The lowest BCUT2D eigenvalue weighted by molar-refractivity contribution is -0.137. The molecule has 0 aromatic heterocycles. The van der Waals surface area contributed by atoms with Crippen LogP contribution in [0.3, 0.4) is 0 Å². The molecular weight excluding hydrogens is 334 g/mol. The standard InChI is InChI=1S/C19H23N3O4/c1-12-6-7-14(10-15(12)21-18(25)13-4-2-3-5-13)20-16-11-17(24)22(8-9-23)19(16)26/h6-7,10-11,13,20,23H,2-5,8-9H2,1H3,(H,21,25). The first-order valence-electron chi connectivity index (χ1n) is 8.86. The van der Waals surface area contributed by atoms with Gasteiger partial charge in [-0.3, -0.25) is 19.3 Å². The summed E-state index contributed by atoms with van der Waals surface area (Å²) in [6.07, 6.45) is 5.25. The van der Waals surface area contributed by atoms with E-state index < -0.39 is 11.8 Å². The molecule has 1 aliphatic carbocycles. The van der Waals surface area contributed by atoms with Gasteiger partial charge in [0.1, 0.15) is 5.70 Å². The van der Waals surface area contributed by atoms with Gasteiger partial charge < -0.3 is 15.7 Å². The Balaban J connectivity index is 1.71. The van der Waals surface area contributed by atoms with E-state index in [1.807, 2.05) is 13.0 Å². The molecule has 2 aliphatic rings. The lowest BCUT2D eigenvalue weighted by Gasteiger charge is -2.16. The Labute approximate surface area is 152 Å². The third kappa shape index (κ3) is 3.77. The zero-order chi connectivity index (χ0) is 18.7. The number of carbonyl (C=O) groups is 3. The van der Waals surface area contributed by atoms with Gasteiger partial charge in [-0.1, -0.05) is 18.9 Å². The van der Waals surface area contributed by atoms with Gasteiger partial charge in [0.05, 0.1) is 13.2 Å². The molecule has 3 amide bonds. The number of aliphatic hydroxyl groups excluding tert-OH is 1. The Morgan fingerprint density at radius 1 is 1.27 bits per heavy atom. The lowest BCUT2D eigenvalue weighted by atomic mass is 10.1. The van der Waals surface area contributed by atoms with Crippen molar-refractivity contribution < 1.29 is 19.5 Å². The fourth-order valence-electron chi connectivity index (χ4n) is 3.32. The molecule has 0 spiro atoms. The van der Waals surface area contributed by atoms with Gasteiger partial charge in [-0.15, -0.1) is 0 Å². The lowest BCUT2D eigenvalue weighted by Crippen LogP contribution is -2.34. The maximum Gasteiger partial charge on any atom is 0.277 e. The van der Waals surface area contributed by atoms with E-state index in [0.29, 0.717) is 11.4 Å². The zero-order valence-electron chi connectivity index (χ0n) is 14.7. The van der Waals surface area contributed by atoms with Crippen molar-refractivity contribution in [2.75, 3.05) is 23.8 Å². The summed E-state index contributed by atoms with van der Waals surface area (Å²) in [6.45, 7) is 1.59. The van der Waals surface area contributed by atoms with Crippen molar-refractivity contribution in [3.05, 3.63) is 35.5 Å². The number of nitrogens with zero attached hydrogens (tertiary/aromatic N) is 1. The van der Waals surface area contributed by atoms with Crippen molar-refractivity contribution in [3.8, 4) is 0 Å². The number of carbonyl (C=O) groups excluding carboxylic acids is 3. The van der Waals surface area contributed by atoms with Gasteiger partial charge in [0.2, 0.25) is 5.91 Å². The van der Waals surface area contributed by atoms with E-state index in [-0.39, 0.29) is 30.7 Å². The van der Waals surface area contributed by atoms with Crippen LogP contribution >= 0.6 is 0 Å². The minimum Gasteiger partial charge on any atom is -0.395 e. The molecule has 7 heteroatoms. The van der Waals surface area contributed by atoms with Crippen LogP contribution in [0, 0.1) is 12.8 Å². The average molecular weight is 357 g/mol. The van der Waals surface area contributed by atoms with Gasteiger partial charge in [-0.25, -0.2) is 0 Å². The summed E-state index contributed by atoms with van der Waals surface area (Å²) in [7, 11) is 0. The van der Waals surface area contributed by atoms with Crippen LogP contribution in [0.2, 0.25) is 0 Å². The van der Waals surface area contributed by atoms with E-state index in [9.17, 15) is 14.4 Å². The Morgan fingerprint density at radius 3 is 2.69 bits per heavy atom. The van der Waals surface area contributed by atoms with Crippen LogP contribution in [0.4, 0.5) is 11.4 Å². The number of aryl methyl sites for hydroxylation is 1. The fraction of sp³-hybridized carbons (Fsp3) is 0.421. The van der Waals surface area contributed by atoms with Crippen molar-refractivity contribution >= 4 is 29.1 Å². The molecule has 26 heavy (non-hydrogen) atoms. The number of hydrogen-bond donors (Lipinski definition) is 3. The molecule has 0 saturated heterocycles. The van der Waals surface area contributed by atoms with Gasteiger partial charge in [-0.05, 0) is 37.5 Å². The Morgan fingerprint density at radius 2 is 2.00 bits per heavy atom. The van der Waals surface area contributed by atoms with Crippen LogP contribution in [0.15, 0.2) is 30.0 Å². The summed E-state index contributed by atoms with van der Waals surface area (Å²) < 4.78 is 0. The van der Waals surface area contributed by atoms with Crippen LogP contribution in [0.1, 0.15) is 31.2 Å². The average Bonchev–Trinajstić information content (AvgIpc) is 3.23. The molecule has 7 nitrogen and oxygen atoms in total. The van der Waals surface area contributed by atoms with Gasteiger partial charge in [0, 0.05) is 23.4 Å². The van der Waals surface area contributed by atoms with Crippen LogP contribution in [-0.2, 0) is 14.4 Å². The number of β-amino-alcohol motifs (C(OH)–C–C–N with tert-alkyl or cyclic N) is 1. The normalized spacial score (nSPS) is 17.6. The molecule has 1 aliphatic heterocycles. The van der Waals surface area contributed by atoms with Gasteiger partial charge in [-0.2, -0.15) is 0 Å². The number of imide groups is 1. The summed E-state index contributed by atoms with van der Waals surface area (Å²) in [6, 6.07) is 5.39. The number of anilines is 2. The number of benzene rings is 1. The van der Waals surface area contributed by atoms with E-state index >= 15 is 0 Å². The molecule has 0 atom stereocenters. The summed E-state index contributed by atoms with van der Waals surface area (Å²) in [4.78, 5) is 37.4. The Hall–Kier alpha value is -2.67. The van der Waals surface area contributed by atoms with E-state index in [0.717, 1.165) is 36.1 Å². The molecule has 3 N–H and O–H groups in total. The molecule has 1 aromatic carbocycles. The molecule has 0 bridgehead atoms. The van der Waals surface area contributed by atoms with Crippen molar-refractivity contribution in [2.45, 2.75) is 32.6 Å². The second-order valence-corrected chi connectivity index (χ2v) is 6.70. The predicted molar refractivity (Wildman–Crippen MR) is 97.3 cm³/mol. The molecule has 1 saturated carbocycles. The van der Waals surface area contributed by atoms with Crippen LogP contribution < -0.4 is 10.6 Å². The maximum absolute atomic E-state index is 12.4. The quantitative estimate of drug-likeness (QED) is 0.674. The Bertz CT molecular complexity index is 766. The molecule has 1 fully saturated rings. The van der Waals surface area contributed by atoms with Crippen LogP contribution in [0.5, 0.6) is 0 Å². The third-order valence-corrected chi connectivity index (χ3v) is 4.83. The van der Waals surface area contributed by atoms with Crippen molar-refractivity contribution in [2.24, 2.45) is 5.92 Å². The van der Waals surface area contributed by atoms with Crippen molar-refractivity contribution in [1.29, 1.82) is 0 Å². The molecule has 0 unspecified atom stereocenters. The molecule has 3 rings (SSSR count). The molecular formula is C19H23N3O4.